The lowest BCUT2D eigenvalue weighted by Gasteiger charge is -2.19. The molecule has 29 heavy (non-hydrogen) atoms. The molecule has 0 aromatic heterocycles. The van der Waals surface area contributed by atoms with E-state index in [1.54, 1.807) is 23.1 Å². The van der Waals surface area contributed by atoms with Crippen LogP contribution in [0.2, 0.25) is 0 Å². The Balaban J connectivity index is 1.69. The minimum Gasteiger partial charge on any atom is -0.496 e. The zero-order valence-electron chi connectivity index (χ0n) is 16.9. The van der Waals surface area contributed by atoms with Crippen LogP contribution < -0.4 is 9.64 Å². The van der Waals surface area contributed by atoms with Crippen LogP contribution in [0, 0.1) is 5.92 Å². The molecule has 2 aromatic carbocycles. The number of nitrogens with zero attached hydrogens (tertiary/aromatic N) is 1. The lowest BCUT2D eigenvalue weighted by Crippen LogP contribution is -2.27. The number of benzene rings is 2. The van der Waals surface area contributed by atoms with Crippen LogP contribution in [-0.2, 0) is 27.4 Å². The van der Waals surface area contributed by atoms with E-state index in [9.17, 15) is 14.4 Å². The van der Waals surface area contributed by atoms with Gasteiger partial charge in [0.05, 0.1) is 13.0 Å². The normalized spacial score (nSPS) is 16.0. The van der Waals surface area contributed by atoms with Crippen molar-refractivity contribution in [3.63, 3.8) is 0 Å². The van der Waals surface area contributed by atoms with Crippen molar-refractivity contribution >= 4 is 23.3 Å². The number of aryl methyl sites for hydroxylation is 1. The van der Waals surface area contributed by atoms with Gasteiger partial charge < -0.3 is 14.4 Å². The van der Waals surface area contributed by atoms with Crippen molar-refractivity contribution in [2.75, 3.05) is 18.6 Å². The number of ketones is 1. The van der Waals surface area contributed by atoms with Gasteiger partial charge >= 0.3 is 5.97 Å². The average molecular weight is 395 g/mol. The molecule has 0 N–H and O–H groups in total. The average Bonchev–Trinajstić information content (AvgIpc) is 3.13. The number of amides is 1. The van der Waals surface area contributed by atoms with Crippen LogP contribution in [0.1, 0.15) is 41.8 Å². The Bertz CT molecular complexity index is 937. The summed E-state index contributed by atoms with van der Waals surface area (Å²) in [4.78, 5) is 38.4. The summed E-state index contributed by atoms with van der Waals surface area (Å²) in [6.45, 7) is 3.80. The van der Waals surface area contributed by atoms with Crippen LogP contribution in [-0.4, -0.2) is 31.3 Å². The van der Waals surface area contributed by atoms with E-state index in [1.807, 2.05) is 31.2 Å². The summed E-state index contributed by atoms with van der Waals surface area (Å²) in [5, 5.41) is 0. The first-order valence-electron chi connectivity index (χ1n) is 9.67. The number of rotatable bonds is 7. The van der Waals surface area contributed by atoms with Gasteiger partial charge in [-0.1, -0.05) is 25.1 Å². The van der Waals surface area contributed by atoms with E-state index >= 15 is 0 Å². The predicted molar refractivity (Wildman–Crippen MR) is 109 cm³/mol. The summed E-state index contributed by atoms with van der Waals surface area (Å²) in [6.07, 6.45) is 0.933. The zero-order chi connectivity index (χ0) is 21.0. The summed E-state index contributed by atoms with van der Waals surface area (Å²) in [5.41, 5.74) is 3.06. The van der Waals surface area contributed by atoms with Gasteiger partial charge in [0, 0.05) is 29.8 Å². The summed E-state index contributed by atoms with van der Waals surface area (Å²) in [7, 11) is 1.52. The maximum atomic E-state index is 12.6. The van der Waals surface area contributed by atoms with Crippen LogP contribution in [0.4, 0.5) is 5.69 Å². The van der Waals surface area contributed by atoms with Crippen molar-refractivity contribution in [2.24, 2.45) is 5.92 Å². The van der Waals surface area contributed by atoms with Crippen LogP contribution in [0.5, 0.6) is 5.75 Å². The number of carbonyl (C=O) groups excluding carboxylic acids is 3. The number of anilines is 1. The minimum absolute atomic E-state index is 0.0145. The molecule has 2 aromatic rings. The second kappa shape index (κ2) is 8.90. The van der Waals surface area contributed by atoms with Crippen molar-refractivity contribution in [3.05, 3.63) is 59.2 Å². The summed E-state index contributed by atoms with van der Waals surface area (Å²) < 4.78 is 10.8. The second-order valence-corrected chi connectivity index (χ2v) is 7.08. The van der Waals surface area contributed by atoms with Crippen LogP contribution >= 0.6 is 0 Å². The monoisotopic (exact) mass is 395 g/mol. The van der Waals surface area contributed by atoms with Crippen molar-refractivity contribution in [2.45, 2.75) is 33.3 Å². The number of hydrogen-bond acceptors (Lipinski definition) is 5. The molecule has 0 saturated carbocycles. The maximum Gasteiger partial charge on any atom is 0.311 e. The zero-order valence-corrected chi connectivity index (χ0v) is 16.9. The summed E-state index contributed by atoms with van der Waals surface area (Å²) in [5.74, 6) is -0.556. The Morgan fingerprint density at radius 2 is 1.90 bits per heavy atom. The Hall–Kier alpha value is -3.15. The fourth-order valence-electron chi connectivity index (χ4n) is 3.55. The van der Waals surface area contributed by atoms with E-state index in [1.165, 1.54) is 14.0 Å². The van der Waals surface area contributed by atoms with Crippen molar-refractivity contribution < 1.29 is 23.9 Å². The highest BCUT2D eigenvalue weighted by Gasteiger charge is 2.36. The molecule has 3 rings (SSSR count). The van der Waals surface area contributed by atoms with Gasteiger partial charge in [0.15, 0.2) is 5.78 Å². The summed E-state index contributed by atoms with van der Waals surface area (Å²) in [6, 6.07) is 12.7. The van der Waals surface area contributed by atoms with Gasteiger partial charge in [-0.3, -0.25) is 14.4 Å². The van der Waals surface area contributed by atoms with E-state index < -0.39 is 11.9 Å². The maximum absolute atomic E-state index is 12.6. The molecule has 0 unspecified atom stereocenters. The van der Waals surface area contributed by atoms with Crippen molar-refractivity contribution in [1.82, 2.24) is 0 Å². The molecule has 6 heteroatoms. The van der Waals surface area contributed by atoms with E-state index in [0.717, 1.165) is 17.7 Å². The number of esters is 1. The van der Waals surface area contributed by atoms with Gasteiger partial charge in [-0.25, -0.2) is 0 Å². The van der Waals surface area contributed by atoms with E-state index in [4.69, 9.17) is 9.47 Å². The minimum atomic E-state index is -0.519. The van der Waals surface area contributed by atoms with Crippen LogP contribution in [0.25, 0.3) is 0 Å². The standard InChI is InChI=1S/C23H25NO5/c1-4-16-7-5-6-8-20(16)24-13-18(12-22(24)26)23(27)29-14-19-11-17(15(2)25)9-10-21(19)28-3/h5-11,18H,4,12-14H2,1-3H3/t18-/m1/s1. The third kappa shape index (κ3) is 4.47. The van der Waals surface area contributed by atoms with Crippen LogP contribution in [0.15, 0.2) is 42.5 Å². The molecule has 6 nitrogen and oxygen atoms in total. The molecule has 0 radical (unpaired) electrons. The fourth-order valence-corrected chi connectivity index (χ4v) is 3.55. The Morgan fingerprint density at radius 3 is 2.59 bits per heavy atom. The third-order valence-corrected chi connectivity index (χ3v) is 5.18. The molecule has 1 amide bonds. The molecule has 1 aliphatic heterocycles. The van der Waals surface area contributed by atoms with Gasteiger partial charge in [0.2, 0.25) is 5.91 Å². The highest BCUT2D eigenvalue weighted by atomic mass is 16.5. The molecule has 1 atom stereocenters. The number of carbonyl (C=O) groups is 3. The number of hydrogen-bond donors (Lipinski definition) is 0. The predicted octanol–water partition coefficient (Wildman–Crippen LogP) is 3.56. The molecule has 1 saturated heterocycles. The van der Waals surface area contributed by atoms with Gasteiger partial charge in [-0.15, -0.1) is 0 Å². The molecular formula is C23H25NO5. The molecule has 1 heterocycles. The number of methoxy groups -OCH3 is 1. The fraction of sp³-hybridized carbons (Fsp3) is 0.348. The Kier molecular flexibility index (Phi) is 6.32. The lowest BCUT2D eigenvalue weighted by atomic mass is 10.1. The first-order chi connectivity index (χ1) is 13.9. The Morgan fingerprint density at radius 1 is 1.14 bits per heavy atom. The molecule has 1 aliphatic rings. The number of ether oxygens (including phenoxy) is 2. The van der Waals surface area contributed by atoms with Gasteiger partial charge in [-0.2, -0.15) is 0 Å². The second-order valence-electron chi connectivity index (χ2n) is 7.08. The van der Waals surface area contributed by atoms with Crippen molar-refractivity contribution in [1.29, 1.82) is 0 Å². The largest absolute Gasteiger partial charge is 0.496 e. The number of Topliss-reactive ketones (excluding diaryl/α,β-unsaturated/α-hetero) is 1. The first-order valence-corrected chi connectivity index (χ1v) is 9.67. The van der Waals surface area contributed by atoms with E-state index in [2.05, 4.69) is 0 Å². The third-order valence-electron chi connectivity index (χ3n) is 5.18. The SMILES string of the molecule is CCc1ccccc1N1C[C@H](C(=O)OCc2cc(C(C)=O)ccc2OC)CC1=O. The Labute approximate surface area is 170 Å². The molecule has 0 bridgehead atoms. The lowest BCUT2D eigenvalue weighted by molar-refractivity contribution is -0.149. The molecule has 0 aliphatic carbocycles. The van der Waals surface area contributed by atoms with Gasteiger partial charge in [0.25, 0.3) is 0 Å². The molecule has 1 fully saturated rings. The van der Waals surface area contributed by atoms with Crippen LogP contribution in [0.3, 0.4) is 0 Å². The molecule has 0 spiro atoms. The van der Waals surface area contributed by atoms with Crippen molar-refractivity contribution in [3.8, 4) is 5.75 Å². The highest BCUT2D eigenvalue weighted by Crippen LogP contribution is 2.29. The molecule has 152 valence electrons. The summed E-state index contributed by atoms with van der Waals surface area (Å²) >= 11 is 0. The first kappa shape index (κ1) is 20.6. The number of para-hydroxylation sites is 1. The smallest absolute Gasteiger partial charge is 0.311 e. The molecular weight excluding hydrogens is 370 g/mol. The van der Waals surface area contributed by atoms with E-state index in [0.29, 0.717) is 23.4 Å². The topological polar surface area (TPSA) is 72.9 Å². The van der Waals surface area contributed by atoms with Gasteiger partial charge in [-0.05, 0) is 43.2 Å². The van der Waals surface area contributed by atoms with E-state index in [-0.39, 0.29) is 24.7 Å². The van der Waals surface area contributed by atoms with Gasteiger partial charge in [0.1, 0.15) is 12.4 Å². The quantitative estimate of drug-likeness (QED) is 0.529. The highest BCUT2D eigenvalue weighted by molar-refractivity contribution is 6.00.